The minimum atomic E-state index is -0.451. The molecule has 4 aromatic rings. The van der Waals surface area contributed by atoms with E-state index in [9.17, 15) is 5.11 Å². The molecule has 2 fully saturated rings. The molecule has 2 aliphatic rings. The summed E-state index contributed by atoms with van der Waals surface area (Å²) in [5, 5.41) is 21.7. The molecule has 0 spiro atoms. The Balaban J connectivity index is 1.31. The van der Waals surface area contributed by atoms with E-state index in [-0.39, 0.29) is 6.04 Å². The smallest absolute Gasteiger partial charge is 0.231 e. The highest BCUT2D eigenvalue weighted by Gasteiger charge is 2.23. The Kier molecular flexibility index (Phi) is 4.90. The first-order valence-corrected chi connectivity index (χ1v) is 11.0. The Bertz CT molecular complexity index is 1250. The Morgan fingerprint density at radius 1 is 1.16 bits per heavy atom. The van der Waals surface area contributed by atoms with Crippen molar-refractivity contribution in [1.82, 2.24) is 30.2 Å². The van der Waals surface area contributed by atoms with Crippen LogP contribution >= 0.6 is 0 Å². The summed E-state index contributed by atoms with van der Waals surface area (Å²) in [4.78, 5) is 11.4. The first-order chi connectivity index (χ1) is 15.7. The molecular formula is C22H25N7O3. The summed E-state index contributed by atoms with van der Waals surface area (Å²) in [6, 6.07) is 7.71. The van der Waals surface area contributed by atoms with Gasteiger partial charge in [-0.3, -0.25) is 5.32 Å². The number of aliphatic hydroxyl groups is 1. The Morgan fingerprint density at radius 3 is 2.91 bits per heavy atom. The minimum absolute atomic E-state index is 0.121. The monoisotopic (exact) mass is 435 g/mol. The molecule has 0 saturated carbocycles. The summed E-state index contributed by atoms with van der Waals surface area (Å²) in [6.07, 6.45) is 4.72. The number of pyridine rings is 1. The molecule has 10 heteroatoms. The van der Waals surface area contributed by atoms with Gasteiger partial charge in [-0.2, -0.15) is 0 Å². The lowest BCUT2D eigenvalue weighted by molar-refractivity contribution is 0.146. The molecule has 2 aliphatic heterocycles. The average molecular weight is 435 g/mol. The van der Waals surface area contributed by atoms with Crippen LogP contribution in [0.3, 0.4) is 0 Å². The Morgan fingerprint density at radius 2 is 2.06 bits per heavy atom. The molecule has 166 valence electrons. The highest BCUT2D eigenvalue weighted by molar-refractivity contribution is 5.92. The molecule has 0 radical (unpaired) electrons. The van der Waals surface area contributed by atoms with E-state index in [1.54, 1.807) is 16.9 Å². The molecule has 6 heterocycles. The summed E-state index contributed by atoms with van der Waals surface area (Å²) >= 11 is 0. The highest BCUT2D eigenvalue weighted by Crippen LogP contribution is 2.33. The second kappa shape index (κ2) is 8.05. The van der Waals surface area contributed by atoms with Crippen LogP contribution in [0.5, 0.6) is 5.88 Å². The van der Waals surface area contributed by atoms with E-state index in [4.69, 9.17) is 9.15 Å². The number of hydrogen-bond acceptors (Lipinski definition) is 9. The predicted molar refractivity (Wildman–Crippen MR) is 119 cm³/mol. The van der Waals surface area contributed by atoms with Gasteiger partial charge in [-0.05, 0) is 31.0 Å². The number of ether oxygens (including phenoxy) is 1. The lowest BCUT2D eigenvalue weighted by Gasteiger charge is -2.28. The van der Waals surface area contributed by atoms with Gasteiger partial charge < -0.3 is 24.5 Å². The normalized spacial score (nSPS) is 21.6. The van der Waals surface area contributed by atoms with Crippen molar-refractivity contribution in [3.63, 3.8) is 0 Å². The number of fused-ring (bicyclic) bond motifs is 2. The van der Waals surface area contributed by atoms with E-state index >= 15 is 0 Å². The molecule has 2 atom stereocenters. The van der Waals surface area contributed by atoms with Crippen LogP contribution in [0, 0.1) is 0 Å². The van der Waals surface area contributed by atoms with Crippen molar-refractivity contribution in [2.45, 2.75) is 25.1 Å². The van der Waals surface area contributed by atoms with Crippen molar-refractivity contribution in [3.05, 3.63) is 36.7 Å². The Labute approximate surface area is 184 Å². The number of aromatic nitrogens is 4. The van der Waals surface area contributed by atoms with Crippen LogP contribution in [-0.2, 0) is 0 Å². The molecule has 2 saturated heterocycles. The minimum Gasteiger partial charge on any atom is -0.475 e. The molecule has 6 rings (SSSR count). The van der Waals surface area contributed by atoms with Crippen LogP contribution in [0.15, 0.2) is 41.1 Å². The standard InChI is InChI=1S/C22H25N7O3/c30-20-3-1-14(26-20)13-31-21-4-2-19-25-12-16(29(19)27-21)18-11-15-17(32-18)5-6-24-22(15)28-9-7-23-8-10-28/h2,4-6,11-12,14,20,23,26,30H,1,3,7-10,13H2. The van der Waals surface area contributed by atoms with Gasteiger partial charge in [0.1, 0.15) is 29.9 Å². The summed E-state index contributed by atoms with van der Waals surface area (Å²) in [6.45, 7) is 4.16. The maximum absolute atomic E-state index is 9.62. The largest absolute Gasteiger partial charge is 0.475 e. The molecule has 0 aromatic carbocycles. The fraction of sp³-hybridized carbons (Fsp3) is 0.409. The number of rotatable bonds is 5. The van der Waals surface area contributed by atoms with Gasteiger partial charge in [0.05, 0.1) is 11.6 Å². The fourth-order valence-electron chi connectivity index (χ4n) is 4.42. The summed E-state index contributed by atoms with van der Waals surface area (Å²) in [5.41, 5.74) is 2.25. The van der Waals surface area contributed by atoms with Crippen molar-refractivity contribution >= 4 is 22.4 Å². The van der Waals surface area contributed by atoms with Crippen molar-refractivity contribution in [1.29, 1.82) is 0 Å². The first kappa shape index (κ1) is 19.5. The lowest BCUT2D eigenvalue weighted by Crippen LogP contribution is -2.43. The van der Waals surface area contributed by atoms with E-state index < -0.39 is 6.23 Å². The molecule has 32 heavy (non-hydrogen) atoms. The maximum Gasteiger partial charge on any atom is 0.231 e. The fourth-order valence-corrected chi connectivity index (χ4v) is 4.42. The van der Waals surface area contributed by atoms with E-state index in [0.29, 0.717) is 23.9 Å². The van der Waals surface area contributed by atoms with Crippen LogP contribution in [0.4, 0.5) is 5.82 Å². The van der Waals surface area contributed by atoms with Gasteiger partial charge in [-0.1, -0.05) is 0 Å². The van der Waals surface area contributed by atoms with Crippen molar-refractivity contribution in [3.8, 4) is 17.3 Å². The number of nitrogens with one attached hydrogen (secondary N) is 2. The molecule has 4 aromatic heterocycles. The molecule has 0 bridgehead atoms. The number of nitrogens with zero attached hydrogens (tertiary/aromatic N) is 5. The van der Waals surface area contributed by atoms with Crippen LogP contribution in [0.1, 0.15) is 12.8 Å². The van der Waals surface area contributed by atoms with E-state index in [1.165, 1.54) is 0 Å². The van der Waals surface area contributed by atoms with Crippen LogP contribution in [0.25, 0.3) is 28.1 Å². The summed E-state index contributed by atoms with van der Waals surface area (Å²) in [5.74, 6) is 2.12. The van der Waals surface area contributed by atoms with E-state index in [1.807, 2.05) is 24.3 Å². The third-order valence-electron chi connectivity index (χ3n) is 6.08. The second-order valence-corrected chi connectivity index (χ2v) is 8.25. The number of anilines is 1. The third-order valence-corrected chi connectivity index (χ3v) is 6.08. The Hall–Kier alpha value is -3.21. The average Bonchev–Trinajstić information content (AvgIpc) is 3.55. The number of imidazole rings is 1. The van der Waals surface area contributed by atoms with Gasteiger partial charge in [0.15, 0.2) is 11.4 Å². The van der Waals surface area contributed by atoms with Gasteiger partial charge in [0, 0.05) is 44.5 Å². The zero-order chi connectivity index (χ0) is 21.5. The first-order valence-electron chi connectivity index (χ1n) is 11.0. The van der Waals surface area contributed by atoms with Crippen LogP contribution in [-0.4, -0.2) is 69.7 Å². The molecule has 3 N–H and O–H groups in total. The van der Waals surface area contributed by atoms with Gasteiger partial charge in [0.2, 0.25) is 5.88 Å². The number of aliphatic hydroxyl groups excluding tert-OH is 1. The summed E-state index contributed by atoms with van der Waals surface area (Å²) in [7, 11) is 0. The zero-order valence-corrected chi connectivity index (χ0v) is 17.6. The van der Waals surface area contributed by atoms with Crippen molar-refractivity contribution in [2.24, 2.45) is 0 Å². The van der Waals surface area contributed by atoms with E-state index in [0.717, 1.165) is 61.5 Å². The van der Waals surface area contributed by atoms with E-state index in [2.05, 4.69) is 30.6 Å². The maximum atomic E-state index is 9.62. The molecular weight excluding hydrogens is 410 g/mol. The SMILES string of the molecule is OC1CCC(COc2ccc3ncc(-c4cc5c(N6CCNCC6)nccc5o4)n3n2)N1. The van der Waals surface area contributed by atoms with Crippen LogP contribution < -0.4 is 20.3 Å². The summed E-state index contributed by atoms with van der Waals surface area (Å²) < 4.78 is 13.8. The van der Waals surface area contributed by atoms with Gasteiger partial charge in [-0.15, -0.1) is 5.10 Å². The molecule has 2 unspecified atom stereocenters. The molecule has 10 nitrogen and oxygen atoms in total. The van der Waals surface area contributed by atoms with Crippen molar-refractivity contribution < 1.29 is 14.3 Å². The second-order valence-electron chi connectivity index (χ2n) is 8.25. The molecule has 0 amide bonds. The lowest BCUT2D eigenvalue weighted by atomic mass is 10.2. The van der Waals surface area contributed by atoms with Gasteiger partial charge >= 0.3 is 0 Å². The predicted octanol–water partition coefficient (Wildman–Crippen LogP) is 1.40. The highest BCUT2D eigenvalue weighted by atomic mass is 16.5. The zero-order valence-electron chi connectivity index (χ0n) is 17.6. The quantitative estimate of drug-likeness (QED) is 0.428. The number of furan rings is 1. The van der Waals surface area contributed by atoms with Crippen molar-refractivity contribution in [2.75, 3.05) is 37.7 Å². The van der Waals surface area contributed by atoms with Gasteiger partial charge in [0.25, 0.3) is 0 Å². The number of piperazine rings is 1. The number of hydrogen-bond donors (Lipinski definition) is 3. The van der Waals surface area contributed by atoms with Crippen LogP contribution in [0.2, 0.25) is 0 Å². The van der Waals surface area contributed by atoms with Gasteiger partial charge in [-0.25, -0.2) is 14.5 Å². The topological polar surface area (TPSA) is 113 Å². The molecule has 0 aliphatic carbocycles. The third kappa shape index (κ3) is 3.56.